The molecule has 0 saturated heterocycles. The van der Waals surface area contributed by atoms with Gasteiger partial charge < -0.3 is 10.0 Å². The Morgan fingerprint density at radius 2 is 1.71 bits per heavy atom. The number of carbonyl (C=O) groups is 1. The normalized spacial score (nSPS) is 12.6. The first kappa shape index (κ1) is 24.4. The van der Waals surface area contributed by atoms with Crippen LogP contribution in [0.2, 0.25) is 0 Å². The molecule has 0 atom stereocenters. The van der Waals surface area contributed by atoms with Crippen LogP contribution >= 0.6 is 11.3 Å². The third kappa shape index (κ3) is 4.75. The van der Waals surface area contributed by atoms with Crippen LogP contribution < -0.4 is 34.9 Å². The largest absolute Gasteiger partial charge is 1.00 e. The Labute approximate surface area is 219 Å². The molecule has 0 fully saturated rings. The van der Waals surface area contributed by atoms with Crippen LogP contribution in [0, 0.1) is 11.6 Å². The van der Waals surface area contributed by atoms with E-state index >= 15 is 0 Å². The molecule has 0 saturated carbocycles. The maximum absolute atomic E-state index is 13.9. The summed E-state index contributed by atoms with van der Waals surface area (Å²) in [6.07, 6.45) is 4.43. The second kappa shape index (κ2) is 9.51. The minimum atomic E-state index is -4.40. The molecule has 7 nitrogen and oxygen atoms in total. The Kier molecular flexibility index (Phi) is 6.83. The van der Waals surface area contributed by atoms with Gasteiger partial charge in [-0.1, -0.05) is 6.07 Å². The number of nitrogens with one attached hydrogen (secondary N) is 1. The first-order valence-corrected chi connectivity index (χ1v) is 11.8. The molecule has 5 rings (SSSR count). The fourth-order valence-electron chi connectivity index (χ4n) is 3.38. The van der Waals surface area contributed by atoms with Gasteiger partial charge in [0.15, 0.2) is 0 Å². The summed E-state index contributed by atoms with van der Waals surface area (Å²) in [4.78, 5) is 21.0. The molecule has 1 N–H and O–H groups in total. The Hall–Kier alpha value is -2.70. The number of rotatable bonds is 5. The van der Waals surface area contributed by atoms with Crippen molar-refractivity contribution in [3.05, 3.63) is 88.7 Å². The van der Waals surface area contributed by atoms with Crippen molar-refractivity contribution in [3.8, 4) is 20.9 Å². The molecule has 1 aliphatic heterocycles. The molecule has 0 bridgehead atoms. The van der Waals surface area contributed by atoms with Crippen LogP contribution in [0.1, 0.15) is 16.1 Å². The summed E-state index contributed by atoms with van der Waals surface area (Å²) in [6, 6.07) is 9.35. The average molecular weight is 506 g/mol. The van der Waals surface area contributed by atoms with Gasteiger partial charge in [-0.05, 0) is 30.3 Å². The number of amides is 1. The third-order valence-corrected chi connectivity index (χ3v) is 7.44. The number of halogens is 2. The van der Waals surface area contributed by atoms with Gasteiger partial charge in [0.1, 0.15) is 27.4 Å². The summed E-state index contributed by atoms with van der Waals surface area (Å²) in [5.74, 6) is -2.29. The van der Waals surface area contributed by atoms with E-state index in [9.17, 15) is 22.0 Å². The molecule has 4 heterocycles. The van der Waals surface area contributed by atoms with Crippen LogP contribution in [0.5, 0.6) is 0 Å². The van der Waals surface area contributed by atoms with E-state index in [0.717, 1.165) is 33.0 Å². The van der Waals surface area contributed by atoms with Gasteiger partial charge >= 0.3 is 29.6 Å². The second-order valence-electron chi connectivity index (χ2n) is 7.15. The molecule has 1 aromatic carbocycles. The number of nitrogens with zero attached hydrogens (tertiary/aromatic N) is 3. The van der Waals surface area contributed by atoms with Crippen molar-refractivity contribution in [2.45, 2.75) is 11.4 Å². The molecule has 12 heteroatoms. The zero-order valence-electron chi connectivity index (χ0n) is 17.6. The Morgan fingerprint density at radius 3 is 2.44 bits per heavy atom. The zero-order chi connectivity index (χ0) is 23.2. The van der Waals surface area contributed by atoms with E-state index in [-0.39, 0.29) is 41.2 Å². The van der Waals surface area contributed by atoms with Gasteiger partial charge in [-0.3, -0.25) is 14.8 Å². The van der Waals surface area contributed by atoms with Crippen molar-refractivity contribution in [1.29, 1.82) is 0 Å². The minimum absolute atomic E-state index is 0. The van der Waals surface area contributed by atoms with Crippen molar-refractivity contribution in [3.63, 3.8) is 0 Å². The molecular weight excluding hydrogens is 493 g/mol. The SMILES string of the molecule is O=C1NCc2cc(-c3ccc(-c4cncc([N-]S(=O)(=O)c5ccc(F)cc5F)c4)s3)cnc21.[Na+]. The number of aromatic nitrogens is 2. The molecule has 0 radical (unpaired) electrons. The molecule has 4 aromatic rings. The quantitative estimate of drug-likeness (QED) is 0.416. The fraction of sp³-hybridized carbons (Fsp3) is 0.0455. The Morgan fingerprint density at radius 1 is 0.971 bits per heavy atom. The van der Waals surface area contributed by atoms with E-state index in [1.54, 1.807) is 12.4 Å². The van der Waals surface area contributed by atoms with Crippen molar-refractivity contribution in [1.82, 2.24) is 15.3 Å². The average Bonchev–Trinajstić information content (AvgIpc) is 3.40. The Bertz CT molecular complexity index is 1530. The smallest absolute Gasteiger partial charge is 0.571 e. The standard InChI is InChI=1S/C22H13F2N4O3S2.Na/c23-15-1-4-20(17(24)7-15)33(30,31)28-16-6-13(8-25-11-16)19-3-2-18(32-19)12-5-14-10-27-22(29)21(14)26-9-12;/h1-9,11H,10H2,(H,27,29);/q-1;+1. The molecule has 0 aliphatic carbocycles. The summed E-state index contributed by atoms with van der Waals surface area (Å²) in [7, 11) is -4.40. The fourth-order valence-corrected chi connectivity index (χ4v) is 5.37. The van der Waals surface area contributed by atoms with Gasteiger partial charge in [0.2, 0.25) is 0 Å². The molecule has 1 aliphatic rings. The van der Waals surface area contributed by atoms with E-state index < -0.39 is 26.6 Å². The zero-order valence-corrected chi connectivity index (χ0v) is 21.3. The maximum atomic E-state index is 13.9. The molecule has 1 amide bonds. The Balaban J connectivity index is 0.00000274. The van der Waals surface area contributed by atoms with Crippen LogP contribution in [0.25, 0.3) is 25.6 Å². The van der Waals surface area contributed by atoms with Crippen LogP contribution in [-0.4, -0.2) is 24.3 Å². The van der Waals surface area contributed by atoms with Gasteiger partial charge in [-0.15, -0.1) is 17.0 Å². The van der Waals surface area contributed by atoms with Crippen LogP contribution in [0.15, 0.2) is 66.0 Å². The second-order valence-corrected chi connectivity index (χ2v) is 9.81. The predicted octanol–water partition coefficient (Wildman–Crippen LogP) is 1.79. The number of fused-ring (bicyclic) bond motifs is 1. The monoisotopic (exact) mass is 506 g/mol. The van der Waals surface area contributed by atoms with E-state index in [2.05, 4.69) is 20.0 Å². The van der Waals surface area contributed by atoms with Gasteiger partial charge in [0, 0.05) is 57.6 Å². The van der Waals surface area contributed by atoms with E-state index in [0.29, 0.717) is 23.9 Å². The van der Waals surface area contributed by atoms with E-state index in [4.69, 9.17) is 0 Å². The summed E-state index contributed by atoms with van der Waals surface area (Å²) < 4.78 is 55.7. The molecule has 3 aromatic heterocycles. The minimum Gasteiger partial charge on any atom is -0.571 e. The van der Waals surface area contributed by atoms with Gasteiger partial charge in [-0.2, -0.15) is 0 Å². The van der Waals surface area contributed by atoms with Crippen molar-refractivity contribution >= 4 is 33.0 Å². The third-order valence-electron chi connectivity index (χ3n) is 4.92. The summed E-state index contributed by atoms with van der Waals surface area (Å²) >= 11 is 1.43. The van der Waals surface area contributed by atoms with Gasteiger partial charge in [0.25, 0.3) is 5.91 Å². The number of thiophene rings is 1. The summed E-state index contributed by atoms with van der Waals surface area (Å²) in [6.45, 7) is 0.434. The van der Waals surface area contributed by atoms with E-state index in [1.165, 1.54) is 23.6 Å². The van der Waals surface area contributed by atoms with Crippen molar-refractivity contribution < 1.29 is 51.6 Å². The van der Waals surface area contributed by atoms with Crippen molar-refractivity contribution in [2.75, 3.05) is 0 Å². The maximum Gasteiger partial charge on any atom is 1.00 e. The first-order valence-electron chi connectivity index (χ1n) is 9.56. The predicted molar refractivity (Wildman–Crippen MR) is 119 cm³/mol. The molecule has 0 unspecified atom stereocenters. The number of pyridine rings is 2. The topological polar surface area (TPSA) is 103 Å². The number of benzene rings is 1. The van der Waals surface area contributed by atoms with Crippen LogP contribution in [0.3, 0.4) is 0 Å². The van der Waals surface area contributed by atoms with Crippen molar-refractivity contribution in [2.24, 2.45) is 0 Å². The molecule has 0 spiro atoms. The number of carbonyl (C=O) groups excluding carboxylic acids is 1. The van der Waals surface area contributed by atoms with E-state index in [1.807, 2.05) is 18.2 Å². The number of sulfonamides is 1. The molecule has 166 valence electrons. The molecule has 34 heavy (non-hydrogen) atoms. The number of hydrogen-bond donors (Lipinski definition) is 1. The van der Waals surface area contributed by atoms with Gasteiger partial charge in [-0.25, -0.2) is 17.2 Å². The number of hydrogen-bond acceptors (Lipinski definition) is 6. The van der Waals surface area contributed by atoms with Crippen LogP contribution in [-0.2, 0) is 16.6 Å². The molecular formula is C22H13F2N4NaO3S2. The summed E-state index contributed by atoms with van der Waals surface area (Å²) in [5, 5.41) is 2.73. The first-order chi connectivity index (χ1) is 15.8. The van der Waals surface area contributed by atoms with Gasteiger partial charge in [0.05, 0.1) is 4.90 Å². The van der Waals surface area contributed by atoms with Crippen LogP contribution in [0.4, 0.5) is 14.5 Å². The summed E-state index contributed by atoms with van der Waals surface area (Å²) in [5.41, 5.74) is 2.73.